The lowest BCUT2D eigenvalue weighted by molar-refractivity contribution is -0.118. The number of imidazole rings is 1. The van der Waals surface area contributed by atoms with Crippen LogP contribution in [0.3, 0.4) is 0 Å². The fraction of sp³-hybridized carbons (Fsp3) is 0.355. The number of amides is 1. The van der Waals surface area contributed by atoms with Gasteiger partial charge < -0.3 is 14.4 Å². The van der Waals surface area contributed by atoms with Gasteiger partial charge in [-0.2, -0.15) is 5.10 Å². The third-order valence-electron chi connectivity index (χ3n) is 8.33. The first-order valence-corrected chi connectivity index (χ1v) is 16.4. The number of alkyl halides is 1. The number of aliphatic hydroxyl groups excluding tert-OH is 1. The number of fused-ring (bicyclic) bond motifs is 2. The number of benzene rings is 2. The van der Waals surface area contributed by atoms with E-state index in [-0.39, 0.29) is 19.1 Å². The van der Waals surface area contributed by atoms with Crippen LogP contribution >= 0.6 is 34.5 Å². The molecule has 0 bridgehead atoms. The largest absolute Gasteiger partial charge is 0.492 e. The van der Waals surface area contributed by atoms with Crippen LogP contribution in [-0.2, 0) is 17.8 Å². The van der Waals surface area contributed by atoms with Gasteiger partial charge in [0.15, 0.2) is 11.2 Å². The molecule has 1 unspecified atom stereocenters. The number of ether oxygens (including phenoxy) is 1. The summed E-state index contributed by atoms with van der Waals surface area (Å²) < 4.78 is 23.5. The molecule has 1 amide bonds. The summed E-state index contributed by atoms with van der Waals surface area (Å²) in [7, 11) is 0. The van der Waals surface area contributed by atoms with Crippen LogP contribution in [0.2, 0.25) is 10.0 Å². The Morgan fingerprint density at radius 1 is 1.20 bits per heavy atom. The molecule has 2 aromatic carbocycles. The Hall–Kier alpha value is -3.55. The fourth-order valence-corrected chi connectivity index (χ4v) is 7.06. The molecule has 2 aliphatic rings. The Bertz CT molecular complexity index is 1820. The normalized spacial score (nSPS) is 17.9. The molecule has 1 saturated heterocycles. The Morgan fingerprint density at radius 2 is 2.00 bits per heavy atom. The smallest absolute Gasteiger partial charge is 0.257 e. The summed E-state index contributed by atoms with van der Waals surface area (Å²) in [5.74, 6) is 0.322. The quantitative estimate of drug-likeness (QED) is 0.210. The molecule has 7 rings (SSSR count). The van der Waals surface area contributed by atoms with Gasteiger partial charge in [0.1, 0.15) is 24.0 Å². The summed E-state index contributed by atoms with van der Waals surface area (Å²) in [6, 6.07) is 8.38. The van der Waals surface area contributed by atoms with Crippen LogP contribution in [0.5, 0.6) is 5.75 Å². The first-order chi connectivity index (χ1) is 21.8. The van der Waals surface area contributed by atoms with Gasteiger partial charge in [0.05, 0.1) is 34.7 Å². The van der Waals surface area contributed by atoms with Crippen molar-refractivity contribution in [2.75, 3.05) is 31.6 Å². The Kier molecular flexibility index (Phi) is 8.49. The molecule has 5 heterocycles. The van der Waals surface area contributed by atoms with Crippen LogP contribution in [-0.4, -0.2) is 78.7 Å². The van der Waals surface area contributed by atoms with E-state index < -0.39 is 18.1 Å². The average molecular weight is 671 g/mol. The lowest BCUT2D eigenvalue weighted by Crippen LogP contribution is -2.38. The molecule has 2 N–H and O–H groups in total. The minimum Gasteiger partial charge on any atom is -0.492 e. The van der Waals surface area contributed by atoms with Gasteiger partial charge in [0.25, 0.3) is 5.91 Å². The highest BCUT2D eigenvalue weighted by Gasteiger charge is 2.34. The number of hydrogen-bond acceptors (Lipinski definition) is 8. The maximum atomic E-state index is 14.3. The van der Waals surface area contributed by atoms with E-state index in [2.05, 4.69) is 20.2 Å². The van der Waals surface area contributed by atoms with E-state index in [9.17, 15) is 14.3 Å². The zero-order valence-electron chi connectivity index (χ0n) is 24.1. The number of carbonyl (C=O) groups excluding carboxylic acids is 1. The summed E-state index contributed by atoms with van der Waals surface area (Å²) in [4.78, 5) is 24.7. The van der Waals surface area contributed by atoms with Crippen molar-refractivity contribution < 1.29 is 19.0 Å². The monoisotopic (exact) mass is 669 g/mol. The number of piperidine rings is 1. The molecule has 5 aromatic rings. The summed E-state index contributed by atoms with van der Waals surface area (Å²) >= 11 is 15.0. The van der Waals surface area contributed by atoms with E-state index in [1.165, 1.54) is 16.0 Å². The highest BCUT2D eigenvalue weighted by atomic mass is 35.5. The highest BCUT2D eigenvalue weighted by molar-refractivity contribution is 7.13. The van der Waals surface area contributed by atoms with E-state index in [1.54, 1.807) is 34.7 Å². The van der Waals surface area contributed by atoms with Crippen molar-refractivity contribution in [3.8, 4) is 16.9 Å². The van der Waals surface area contributed by atoms with Crippen molar-refractivity contribution in [3.63, 3.8) is 0 Å². The number of likely N-dealkylation sites (tertiary alicyclic amines) is 1. The van der Waals surface area contributed by atoms with Crippen molar-refractivity contribution in [1.82, 2.24) is 29.2 Å². The number of nitrogens with zero attached hydrogens (tertiary/aromatic N) is 6. The predicted molar refractivity (Wildman–Crippen MR) is 172 cm³/mol. The van der Waals surface area contributed by atoms with Crippen molar-refractivity contribution in [2.24, 2.45) is 0 Å². The molecule has 0 spiro atoms. The maximum absolute atomic E-state index is 14.3. The van der Waals surface area contributed by atoms with E-state index in [0.717, 1.165) is 43.8 Å². The van der Waals surface area contributed by atoms with Gasteiger partial charge in [-0.15, -0.1) is 11.3 Å². The SMILES string of the molecule is O=C(Nc1nccs1)C(c1ncn2c1C[C@@H](F)C2)n1cc2c(Cl)cc(-c3ccc(OCCN4CCC(O)CC4)cc3)c(Cl)c2n1. The molecule has 0 radical (unpaired) electrons. The van der Waals surface area contributed by atoms with Crippen molar-refractivity contribution in [2.45, 2.75) is 44.1 Å². The molecule has 0 saturated carbocycles. The Balaban J connectivity index is 1.16. The minimum atomic E-state index is -1.05. The fourth-order valence-electron chi connectivity index (χ4n) is 5.98. The van der Waals surface area contributed by atoms with Gasteiger partial charge in [-0.25, -0.2) is 14.4 Å². The van der Waals surface area contributed by atoms with Gasteiger partial charge in [-0.1, -0.05) is 35.3 Å². The second kappa shape index (κ2) is 12.7. The summed E-state index contributed by atoms with van der Waals surface area (Å²) in [5, 5.41) is 20.8. The predicted octanol–water partition coefficient (Wildman–Crippen LogP) is 5.62. The lowest BCUT2D eigenvalue weighted by atomic mass is 10.0. The molecule has 234 valence electrons. The highest BCUT2D eigenvalue weighted by Crippen LogP contribution is 2.40. The van der Waals surface area contributed by atoms with E-state index in [4.69, 9.17) is 33.0 Å². The van der Waals surface area contributed by atoms with Crippen molar-refractivity contribution >= 4 is 56.5 Å². The molecule has 2 aliphatic heterocycles. The molecule has 10 nitrogen and oxygen atoms in total. The van der Waals surface area contributed by atoms with Crippen LogP contribution in [0.1, 0.15) is 30.3 Å². The number of aromatic nitrogens is 5. The second-order valence-electron chi connectivity index (χ2n) is 11.3. The Labute approximate surface area is 272 Å². The molecular weight excluding hydrogens is 640 g/mol. The summed E-state index contributed by atoms with van der Waals surface area (Å²) in [6.45, 7) is 3.29. The maximum Gasteiger partial charge on any atom is 0.257 e. The number of halogens is 3. The van der Waals surface area contributed by atoms with Gasteiger partial charge in [0, 0.05) is 60.5 Å². The van der Waals surface area contributed by atoms with Crippen molar-refractivity contribution in [1.29, 1.82) is 0 Å². The third-order valence-corrected chi connectivity index (χ3v) is 9.71. The van der Waals surface area contributed by atoms with Crippen LogP contribution in [0, 0.1) is 0 Å². The number of hydrogen-bond donors (Lipinski definition) is 2. The van der Waals surface area contributed by atoms with E-state index >= 15 is 0 Å². The van der Waals surface area contributed by atoms with E-state index in [0.29, 0.717) is 49.6 Å². The number of anilines is 1. The number of nitrogens with one attached hydrogen (secondary N) is 1. The van der Waals surface area contributed by atoms with Gasteiger partial charge in [-0.3, -0.25) is 19.7 Å². The average Bonchev–Trinajstić information content (AvgIpc) is 3.83. The van der Waals surface area contributed by atoms with E-state index in [1.807, 2.05) is 24.3 Å². The third kappa shape index (κ3) is 6.17. The zero-order valence-corrected chi connectivity index (χ0v) is 26.4. The van der Waals surface area contributed by atoms with Crippen molar-refractivity contribution in [3.05, 3.63) is 75.9 Å². The van der Waals surface area contributed by atoms with Crippen LogP contribution in [0.15, 0.2) is 54.4 Å². The topological polar surface area (TPSA) is 110 Å². The second-order valence-corrected chi connectivity index (χ2v) is 13.0. The number of rotatable bonds is 9. The van der Waals surface area contributed by atoms with Gasteiger partial charge in [-0.05, 0) is 36.6 Å². The molecule has 3 aromatic heterocycles. The standard InChI is InChI=1S/C31H30Cl2FN7O3S/c32-24-14-22(18-1-3-21(4-2-18)44-11-10-39-8-5-20(42)6-9-39)26(33)27-23(24)16-41(38-27)29(30(43)37-31-35-7-12-45-31)28-25-13-19(34)15-40(25)17-36-28/h1-4,7,12,14,16-17,19-20,29,42H,5-6,8-11,13,15H2,(H,35,37,43)/t19-,29?/m1/s1. The first-order valence-electron chi connectivity index (χ1n) is 14.7. The van der Waals surface area contributed by atoms with Gasteiger partial charge in [0.2, 0.25) is 0 Å². The summed E-state index contributed by atoms with van der Waals surface area (Å²) in [5.41, 5.74) is 3.01. The molecular formula is C31H30Cl2FN7O3S. The molecule has 45 heavy (non-hydrogen) atoms. The first kappa shape index (κ1) is 30.1. The molecule has 0 aliphatic carbocycles. The lowest BCUT2D eigenvalue weighted by Gasteiger charge is -2.29. The molecule has 14 heteroatoms. The number of thiazole rings is 1. The van der Waals surface area contributed by atoms with Gasteiger partial charge >= 0.3 is 0 Å². The molecule has 1 fully saturated rings. The minimum absolute atomic E-state index is 0.158. The summed E-state index contributed by atoms with van der Waals surface area (Å²) in [6.07, 6.45) is 5.34. The van der Waals surface area contributed by atoms with Crippen LogP contribution in [0.25, 0.3) is 22.0 Å². The number of carbonyl (C=O) groups is 1. The van der Waals surface area contributed by atoms with Crippen LogP contribution < -0.4 is 10.1 Å². The Morgan fingerprint density at radius 3 is 2.76 bits per heavy atom. The number of aliphatic hydroxyl groups is 1. The van der Waals surface area contributed by atoms with Crippen LogP contribution in [0.4, 0.5) is 9.52 Å². The molecule has 2 atom stereocenters. The zero-order chi connectivity index (χ0) is 31.1.